The number of rotatable bonds is 6. The van der Waals surface area contributed by atoms with Crippen LogP contribution in [0.15, 0.2) is 24.3 Å². The molecule has 0 aromatic heterocycles. The molecule has 1 atom stereocenters. The van der Waals surface area contributed by atoms with Gasteiger partial charge in [0.15, 0.2) is 12.4 Å². The van der Waals surface area contributed by atoms with E-state index in [4.69, 9.17) is 15.4 Å². The van der Waals surface area contributed by atoms with Crippen molar-refractivity contribution in [3.63, 3.8) is 0 Å². The molecule has 0 aliphatic heterocycles. The van der Waals surface area contributed by atoms with Gasteiger partial charge < -0.3 is 10.1 Å². The lowest BCUT2D eigenvalue weighted by atomic mass is 10.0. The van der Waals surface area contributed by atoms with Crippen LogP contribution in [0.5, 0.6) is 0 Å². The molecule has 1 rings (SSSR count). The van der Waals surface area contributed by atoms with Gasteiger partial charge in [0.05, 0.1) is 12.5 Å². The molecule has 0 aliphatic rings. The van der Waals surface area contributed by atoms with Crippen molar-refractivity contribution in [2.75, 3.05) is 6.61 Å². The Labute approximate surface area is 115 Å². The van der Waals surface area contributed by atoms with Gasteiger partial charge in [-0.3, -0.25) is 9.59 Å². The molecule has 104 valence electrons. The Morgan fingerprint density at radius 1 is 1.45 bits per heavy atom. The molecule has 0 spiro atoms. The number of halogens is 1. The number of ether oxygens (including phenoxy) is 1. The maximum Gasteiger partial charge on any atom is 0.310 e. The van der Waals surface area contributed by atoms with E-state index in [1.165, 1.54) is 25.1 Å². The Kier molecular flexibility index (Phi) is 5.54. The first-order chi connectivity index (χ1) is 9.45. The van der Waals surface area contributed by atoms with Gasteiger partial charge in [0.25, 0.3) is 0 Å². The van der Waals surface area contributed by atoms with Crippen LogP contribution in [0.2, 0.25) is 0 Å². The van der Waals surface area contributed by atoms with Crippen LogP contribution in [0.3, 0.4) is 0 Å². The third kappa shape index (κ3) is 4.28. The van der Waals surface area contributed by atoms with Crippen molar-refractivity contribution in [2.45, 2.75) is 13.3 Å². The summed E-state index contributed by atoms with van der Waals surface area (Å²) in [6, 6.07) is 7.40. The summed E-state index contributed by atoms with van der Waals surface area (Å²) in [5, 5.41) is 15.9. The Morgan fingerprint density at radius 2 is 2.10 bits per heavy atom. The van der Waals surface area contributed by atoms with E-state index in [0.717, 1.165) is 0 Å². The van der Waals surface area contributed by atoms with E-state index in [0.29, 0.717) is 0 Å². The molecule has 20 heavy (non-hydrogen) atoms. The molecule has 0 bridgehead atoms. The van der Waals surface area contributed by atoms with Gasteiger partial charge in [-0.1, -0.05) is 18.2 Å². The molecular weight excluding hydrogens is 263 g/mol. The van der Waals surface area contributed by atoms with E-state index >= 15 is 0 Å². The first-order valence-electron chi connectivity index (χ1n) is 5.82. The van der Waals surface area contributed by atoms with Crippen LogP contribution in [0.1, 0.15) is 12.5 Å². The Bertz CT molecular complexity index is 578. The third-order valence-corrected chi connectivity index (χ3v) is 2.55. The highest BCUT2D eigenvalue weighted by molar-refractivity contribution is 6.06. The zero-order valence-corrected chi connectivity index (χ0v) is 10.9. The van der Waals surface area contributed by atoms with E-state index in [1.54, 1.807) is 12.1 Å². The van der Waals surface area contributed by atoms with Gasteiger partial charge in [0, 0.05) is 5.71 Å². The molecule has 0 saturated carbocycles. The molecule has 1 aromatic rings. The molecule has 6 heteroatoms. The number of Topliss-reactive ketones (excluding diaryl/α,β-unsaturated/α-hetero) is 1. The lowest BCUT2D eigenvalue weighted by Gasteiger charge is -2.08. The Morgan fingerprint density at radius 3 is 2.65 bits per heavy atom. The lowest BCUT2D eigenvalue weighted by Crippen LogP contribution is -2.26. The number of nitriles is 1. The summed E-state index contributed by atoms with van der Waals surface area (Å²) in [4.78, 5) is 23.0. The van der Waals surface area contributed by atoms with Crippen LogP contribution >= 0.6 is 0 Å². The number of hydrogen-bond acceptors (Lipinski definition) is 5. The molecule has 1 unspecified atom stereocenters. The SMILES string of the molecule is CC(=N)C(C#N)C(=O)COC(=O)Cc1ccccc1F. The van der Waals surface area contributed by atoms with Crippen LogP contribution in [0.4, 0.5) is 4.39 Å². The van der Waals surface area contributed by atoms with Gasteiger partial charge in [-0.2, -0.15) is 5.26 Å². The minimum atomic E-state index is -1.21. The number of carbonyl (C=O) groups is 2. The highest BCUT2D eigenvalue weighted by Gasteiger charge is 2.21. The fraction of sp³-hybridized carbons (Fsp3) is 0.286. The van der Waals surface area contributed by atoms with Crippen molar-refractivity contribution in [2.24, 2.45) is 5.92 Å². The second kappa shape index (κ2) is 7.14. The summed E-state index contributed by atoms with van der Waals surface area (Å²) >= 11 is 0. The Hall–Kier alpha value is -2.55. The van der Waals surface area contributed by atoms with Gasteiger partial charge in [-0.05, 0) is 18.6 Å². The topological polar surface area (TPSA) is 91.0 Å². The molecule has 5 nitrogen and oxygen atoms in total. The Balaban J connectivity index is 2.53. The highest BCUT2D eigenvalue weighted by Crippen LogP contribution is 2.08. The van der Waals surface area contributed by atoms with Crippen molar-refractivity contribution in [1.82, 2.24) is 0 Å². The molecule has 0 heterocycles. The summed E-state index contributed by atoms with van der Waals surface area (Å²) in [5.74, 6) is -3.16. The average molecular weight is 276 g/mol. The van der Waals surface area contributed by atoms with Gasteiger partial charge >= 0.3 is 5.97 Å². The van der Waals surface area contributed by atoms with Crippen molar-refractivity contribution in [3.8, 4) is 6.07 Å². The van der Waals surface area contributed by atoms with Crippen molar-refractivity contribution in [1.29, 1.82) is 10.7 Å². The van der Waals surface area contributed by atoms with E-state index < -0.39 is 30.1 Å². The molecule has 0 radical (unpaired) electrons. The largest absolute Gasteiger partial charge is 0.457 e. The molecule has 1 aromatic carbocycles. The summed E-state index contributed by atoms with van der Waals surface area (Å²) in [7, 11) is 0. The van der Waals surface area contributed by atoms with Gasteiger partial charge in [0.2, 0.25) is 0 Å². The van der Waals surface area contributed by atoms with Gasteiger partial charge in [-0.15, -0.1) is 0 Å². The molecule has 0 amide bonds. The average Bonchev–Trinajstić information content (AvgIpc) is 2.39. The molecule has 0 fully saturated rings. The highest BCUT2D eigenvalue weighted by atomic mass is 19.1. The van der Waals surface area contributed by atoms with E-state index in [1.807, 2.05) is 0 Å². The predicted molar refractivity (Wildman–Crippen MR) is 68.6 cm³/mol. The van der Waals surface area contributed by atoms with Crippen LogP contribution in [-0.2, 0) is 20.7 Å². The van der Waals surface area contributed by atoms with E-state index in [-0.39, 0.29) is 17.7 Å². The maximum atomic E-state index is 13.3. The second-order valence-corrected chi connectivity index (χ2v) is 4.14. The first kappa shape index (κ1) is 15.5. The van der Waals surface area contributed by atoms with Gasteiger partial charge in [-0.25, -0.2) is 4.39 Å². The number of benzene rings is 1. The van der Waals surface area contributed by atoms with Crippen molar-refractivity contribution >= 4 is 17.5 Å². The first-order valence-corrected chi connectivity index (χ1v) is 5.82. The molecule has 0 aliphatic carbocycles. The smallest absolute Gasteiger partial charge is 0.310 e. The van der Waals surface area contributed by atoms with Crippen molar-refractivity contribution in [3.05, 3.63) is 35.6 Å². The summed E-state index contributed by atoms with van der Waals surface area (Å²) in [5.41, 5.74) is 0.0627. The van der Waals surface area contributed by atoms with Crippen molar-refractivity contribution < 1.29 is 18.7 Å². The van der Waals surface area contributed by atoms with Gasteiger partial charge in [0.1, 0.15) is 11.7 Å². The van der Waals surface area contributed by atoms with Crippen LogP contribution < -0.4 is 0 Å². The minimum absolute atomic E-state index is 0.109. The fourth-order valence-electron chi connectivity index (χ4n) is 1.49. The summed E-state index contributed by atoms with van der Waals surface area (Å²) in [6.07, 6.45) is -0.291. The lowest BCUT2D eigenvalue weighted by molar-refractivity contribution is -0.147. The quantitative estimate of drug-likeness (QED) is 0.632. The number of nitrogens with one attached hydrogen (secondary N) is 1. The molecular formula is C14H13FN2O3. The monoisotopic (exact) mass is 276 g/mol. The van der Waals surface area contributed by atoms with Crippen LogP contribution in [0, 0.1) is 28.5 Å². The van der Waals surface area contributed by atoms with Crippen LogP contribution in [0.25, 0.3) is 0 Å². The summed E-state index contributed by atoms with van der Waals surface area (Å²) in [6.45, 7) is 0.731. The number of hydrogen-bond donors (Lipinski definition) is 1. The third-order valence-electron chi connectivity index (χ3n) is 2.55. The molecule has 1 N–H and O–H groups in total. The van der Waals surface area contributed by atoms with Crippen LogP contribution in [-0.4, -0.2) is 24.1 Å². The van der Waals surface area contributed by atoms with E-state index in [2.05, 4.69) is 0 Å². The number of carbonyl (C=O) groups excluding carboxylic acids is 2. The zero-order chi connectivity index (χ0) is 15.1. The maximum absolute atomic E-state index is 13.3. The van der Waals surface area contributed by atoms with E-state index in [9.17, 15) is 14.0 Å². The number of esters is 1. The zero-order valence-electron chi connectivity index (χ0n) is 10.9. The normalized spacial score (nSPS) is 11.2. The minimum Gasteiger partial charge on any atom is -0.457 e. The predicted octanol–water partition coefficient (Wildman–Crippen LogP) is 1.66. The summed E-state index contributed by atoms with van der Waals surface area (Å²) < 4.78 is 18.0. The fourth-order valence-corrected chi connectivity index (χ4v) is 1.49. The molecule has 0 saturated heterocycles. The standard InChI is InChI=1S/C14H13FN2O3/c1-9(17)11(7-16)13(18)8-20-14(19)6-10-4-2-3-5-12(10)15/h2-5,11,17H,6,8H2,1H3. The number of ketones is 1. The second-order valence-electron chi connectivity index (χ2n) is 4.14. The number of nitrogens with zero attached hydrogens (tertiary/aromatic N) is 1.